The predicted molar refractivity (Wildman–Crippen MR) is 132 cm³/mol. The molecule has 0 bridgehead atoms. The van der Waals surface area contributed by atoms with Crippen LogP contribution in [0.4, 0.5) is 14.9 Å². The van der Waals surface area contributed by atoms with Gasteiger partial charge in [0.25, 0.3) is 0 Å². The lowest BCUT2D eigenvalue weighted by Gasteiger charge is -2.24. The quantitative estimate of drug-likeness (QED) is 0.485. The van der Waals surface area contributed by atoms with Crippen molar-refractivity contribution in [3.05, 3.63) is 41.2 Å². The van der Waals surface area contributed by atoms with Gasteiger partial charge in [-0.15, -0.1) is 0 Å². The van der Waals surface area contributed by atoms with Gasteiger partial charge in [-0.25, -0.2) is 9.18 Å². The van der Waals surface area contributed by atoms with Gasteiger partial charge in [0.2, 0.25) is 7.85 Å². The molecule has 2 N–H and O–H groups in total. The number of phenols is 1. The van der Waals surface area contributed by atoms with E-state index in [0.717, 1.165) is 0 Å². The fourth-order valence-electron chi connectivity index (χ4n) is 4.35. The Hall–Kier alpha value is -2.69. The summed E-state index contributed by atoms with van der Waals surface area (Å²) >= 11 is 0. The standard InChI is InChI=1S/C25H33BFNO7/c1-6-28(24(26)32)16-11-15-8-7-9-19-22(35-25(4,5)34-19)21(30)17(27)10-13(2)14(3)33-23(31)20(15)18(29)12-16/h7-8,10-14,19,21-22,29-30H,6,9,26H2,1-5H3/b8-7+,17-10+/t13-,14+,19+,21-,22+/m1/s1. The number of benzene rings is 1. The molecule has 0 saturated carbocycles. The van der Waals surface area contributed by atoms with E-state index in [0.29, 0.717) is 17.8 Å². The molecule has 35 heavy (non-hydrogen) atoms. The lowest BCUT2D eigenvalue weighted by Crippen LogP contribution is -2.36. The van der Waals surface area contributed by atoms with Gasteiger partial charge < -0.3 is 29.3 Å². The SMILES string of the molecule is BC(=O)N(CC)c1cc(O)c2c(c1)/C=C/C[C@@H]1OC(C)(C)O[C@@H]1[C@H](O)/C(F)=C\[C@@H](C)[C@H](C)OC2=O. The van der Waals surface area contributed by atoms with Gasteiger partial charge in [0, 0.05) is 24.2 Å². The Balaban J connectivity index is 2.11. The van der Waals surface area contributed by atoms with Crippen molar-refractivity contribution in [3.63, 3.8) is 0 Å². The molecular weight excluding hydrogens is 456 g/mol. The minimum Gasteiger partial charge on any atom is -0.507 e. The molecule has 1 fully saturated rings. The van der Waals surface area contributed by atoms with Crippen LogP contribution in [0.3, 0.4) is 0 Å². The van der Waals surface area contributed by atoms with Crippen molar-refractivity contribution in [1.82, 2.24) is 0 Å². The van der Waals surface area contributed by atoms with Crippen LogP contribution < -0.4 is 4.90 Å². The molecule has 190 valence electrons. The van der Waals surface area contributed by atoms with Crippen molar-refractivity contribution in [3.8, 4) is 5.75 Å². The molecule has 0 unspecified atom stereocenters. The summed E-state index contributed by atoms with van der Waals surface area (Å²) in [7, 11) is 1.41. The molecule has 10 heteroatoms. The largest absolute Gasteiger partial charge is 0.507 e. The van der Waals surface area contributed by atoms with Gasteiger partial charge >= 0.3 is 5.97 Å². The maximum atomic E-state index is 14.9. The Morgan fingerprint density at radius 1 is 1.29 bits per heavy atom. The van der Waals surface area contributed by atoms with E-state index in [4.69, 9.17) is 14.2 Å². The lowest BCUT2D eigenvalue weighted by atomic mass is 9.97. The Labute approximate surface area is 205 Å². The number of carbonyl (C=O) groups excluding carboxylic acids is 2. The average molecular weight is 489 g/mol. The highest BCUT2D eigenvalue weighted by molar-refractivity contribution is 6.60. The number of amides is 1. The number of aromatic hydroxyl groups is 1. The van der Waals surface area contributed by atoms with Gasteiger partial charge in [0.15, 0.2) is 11.6 Å². The number of ether oxygens (including phenoxy) is 3. The number of hydrogen-bond donors (Lipinski definition) is 2. The molecule has 1 aromatic rings. The third-order valence-electron chi connectivity index (χ3n) is 6.28. The summed E-state index contributed by atoms with van der Waals surface area (Å²) in [6, 6.07) is 2.97. The molecule has 0 aliphatic carbocycles. The first kappa shape index (κ1) is 26.9. The van der Waals surface area contributed by atoms with E-state index in [9.17, 15) is 24.2 Å². The van der Waals surface area contributed by atoms with Gasteiger partial charge in [-0.2, -0.15) is 0 Å². The highest BCUT2D eigenvalue weighted by Gasteiger charge is 2.45. The molecule has 0 spiro atoms. The molecule has 1 aromatic carbocycles. The number of carbonyl (C=O) groups is 2. The van der Waals surface area contributed by atoms with Crippen molar-refractivity contribution in [2.45, 2.75) is 71.2 Å². The average Bonchev–Trinajstić information content (AvgIpc) is 3.06. The summed E-state index contributed by atoms with van der Waals surface area (Å²) in [6.45, 7) is 8.79. The van der Waals surface area contributed by atoms with Crippen LogP contribution in [0.2, 0.25) is 0 Å². The molecule has 8 nitrogen and oxygen atoms in total. The molecule has 0 aromatic heterocycles. The van der Waals surface area contributed by atoms with Crippen LogP contribution in [0.5, 0.6) is 5.75 Å². The first-order valence-corrected chi connectivity index (χ1v) is 11.8. The van der Waals surface area contributed by atoms with Crippen LogP contribution >= 0.6 is 0 Å². The number of halogens is 1. The van der Waals surface area contributed by atoms with E-state index >= 15 is 0 Å². The number of phenolic OH excluding ortho intramolecular Hbond substituents is 1. The van der Waals surface area contributed by atoms with Crippen molar-refractivity contribution < 1.29 is 38.4 Å². The van der Waals surface area contributed by atoms with E-state index in [1.54, 1.807) is 52.8 Å². The molecule has 1 amide bonds. The number of fused-ring (bicyclic) bond motifs is 2. The van der Waals surface area contributed by atoms with Crippen molar-refractivity contribution in [2.24, 2.45) is 5.92 Å². The van der Waals surface area contributed by atoms with E-state index in [2.05, 4.69) is 0 Å². The maximum absolute atomic E-state index is 14.9. The second-order valence-electron chi connectivity index (χ2n) is 9.44. The maximum Gasteiger partial charge on any atom is 0.342 e. The number of nitrogens with zero attached hydrogens (tertiary/aromatic N) is 1. The Kier molecular flexibility index (Phi) is 8.09. The van der Waals surface area contributed by atoms with Crippen LogP contribution in [-0.4, -0.2) is 66.6 Å². The molecular formula is C25H33BFNO7. The highest BCUT2D eigenvalue weighted by atomic mass is 19.1. The zero-order chi connectivity index (χ0) is 26.1. The van der Waals surface area contributed by atoms with Crippen molar-refractivity contribution >= 4 is 31.4 Å². The van der Waals surface area contributed by atoms with Crippen LogP contribution in [0.1, 0.15) is 57.0 Å². The van der Waals surface area contributed by atoms with Crippen LogP contribution in [0.25, 0.3) is 6.08 Å². The van der Waals surface area contributed by atoms with E-state index < -0.39 is 47.9 Å². The number of anilines is 1. The predicted octanol–water partition coefficient (Wildman–Crippen LogP) is 3.30. The van der Waals surface area contributed by atoms with Crippen LogP contribution in [-0.2, 0) is 14.2 Å². The zero-order valence-corrected chi connectivity index (χ0v) is 20.9. The fourth-order valence-corrected chi connectivity index (χ4v) is 4.35. The number of cyclic esters (lactones) is 1. The molecule has 1 saturated heterocycles. The van der Waals surface area contributed by atoms with E-state index in [-0.39, 0.29) is 23.5 Å². The summed E-state index contributed by atoms with van der Waals surface area (Å²) < 4.78 is 32.2. The van der Waals surface area contributed by atoms with Gasteiger partial charge in [0.1, 0.15) is 35.5 Å². The highest BCUT2D eigenvalue weighted by Crippen LogP contribution is 2.36. The third kappa shape index (κ3) is 5.94. The summed E-state index contributed by atoms with van der Waals surface area (Å²) in [5.41, 5.74) is 0.709. The van der Waals surface area contributed by atoms with E-state index in [1.165, 1.54) is 24.9 Å². The summed E-state index contributed by atoms with van der Waals surface area (Å²) in [5, 5.41) is 21.4. The number of rotatable bonds is 2. The van der Waals surface area contributed by atoms with Crippen LogP contribution in [0, 0.1) is 5.92 Å². The van der Waals surface area contributed by atoms with Gasteiger partial charge in [-0.05, 0) is 51.8 Å². The second kappa shape index (κ2) is 10.5. The Morgan fingerprint density at radius 2 is 1.97 bits per heavy atom. The molecule has 2 aliphatic rings. The van der Waals surface area contributed by atoms with E-state index in [1.807, 2.05) is 0 Å². The molecule has 2 heterocycles. The van der Waals surface area contributed by atoms with Crippen molar-refractivity contribution in [1.29, 1.82) is 0 Å². The number of aliphatic hydroxyl groups excluding tert-OH is 1. The summed E-state index contributed by atoms with van der Waals surface area (Å²) in [6.07, 6.45) is 0.789. The molecule has 0 radical (unpaired) electrons. The normalized spacial score (nSPS) is 31.2. The first-order valence-electron chi connectivity index (χ1n) is 11.8. The van der Waals surface area contributed by atoms with Gasteiger partial charge in [-0.3, -0.25) is 4.79 Å². The van der Waals surface area contributed by atoms with Gasteiger partial charge in [0.05, 0.1) is 6.10 Å². The lowest BCUT2D eigenvalue weighted by molar-refractivity contribution is -0.153. The molecule has 3 rings (SSSR count). The van der Waals surface area contributed by atoms with Crippen LogP contribution in [0.15, 0.2) is 30.1 Å². The number of aliphatic hydroxyl groups is 1. The third-order valence-corrected chi connectivity index (χ3v) is 6.28. The second-order valence-corrected chi connectivity index (χ2v) is 9.44. The first-order chi connectivity index (χ1) is 16.3. The fraction of sp³-hybridized carbons (Fsp3) is 0.520. The summed E-state index contributed by atoms with van der Waals surface area (Å²) in [5.74, 6) is -3.75. The zero-order valence-electron chi connectivity index (χ0n) is 20.9. The topological polar surface area (TPSA) is 106 Å². The Bertz CT molecular complexity index is 1040. The van der Waals surface area contributed by atoms with Crippen molar-refractivity contribution in [2.75, 3.05) is 11.4 Å². The Morgan fingerprint density at radius 3 is 2.60 bits per heavy atom. The molecule has 5 atom stereocenters. The number of hydrogen-bond acceptors (Lipinski definition) is 7. The minimum absolute atomic E-state index is 0.0642. The smallest absolute Gasteiger partial charge is 0.342 e. The number of esters is 1. The monoisotopic (exact) mass is 489 g/mol. The van der Waals surface area contributed by atoms with Gasteiger partial charge in [-0.1, -0.05) is 19.1 Å². The minimum atomic E-state index is -1.56. The summed E-state index contributed by atoms with van der Waals surface area (Å²) in [4.78, 5) is 26.6. The molecule has 2 aliphatic heterocycles.